The number of rotatable bonds is 3. The number of hydrogen-bond acceptors (Lipinski definition) is 2. The zero-order chi connectivity index (χ0) is 20.5. The van der Waals surface area contributed by atoms with Gasteiger partial charge in [0.15, 0.2) is 0 Å². The van der Waals surface area contributed by atoms with Crippen LogP contribution in [0.25, 0.3) is 16.3 Å². The van der Waals surface area contributed by atoms with Gasteiger partial charge in [-0.05, 0) is 18.6 Å². The molecule has 3 aromatic carbocycles. The number of aryl methyl sites for hydroxylation is 1. The molecule has 1 aliphatic rings. The standard InChI is InChI=1S/C26H18O3.Y/c1-16-7-8-19-15-21(10-9-18(19)13-16)25(20-11-12-24(27)17(2)14-20)22-5-3-4-6-23(22)26(28)29;/h3-13H,1-2H3,(H,28,29);/q-2;/b25-20+;. The summed E-state index contributed by atoms with van der Waals surface area (Å²) in [5, 5.41) is 11.7. The van der Waals surface area contributed by atoms with Crippen LogP contribution in [0.2, 0.25) is 0 Å². The summed E-state index contributed by atoms with van der Waals surface area (Å²) in [6.45, 7) is 3.75. The Kier molecular flexibility index (Phi) is 6.65. The number of carboxylic acids is 1. The smallest absolute Gasteiger partial charge is 0.335 e. The third-order valence-electron chi connectivity index (χ3n) is 4.96. The molecule has 3 nitrogen and oxygen atoms in total. The predicted octanol–water partition coefficient (Wildman–Crippen LogP) is 5.33. The molecule has 0 saturated heterocycles. The molecule has 0 aliphatic heterocycles. The molecule has 0 aromatic heterocycles. The molecule has 4 rings (SSSR count). The van der Waals surface area contributed by atoms with Crippen LogP contribution in [0.3, 0.4) is 0 Å². The van der Waals surface area contributed by atoms with Gasteiger partial charge < -0.3 is 9.90 Å². The van der Waals surface area contributed by atoms with E-state index >= 15 is 0 Å². The number of carbonyl (C=O) groups excluding carboxylic acids is 1. The van der Waals surface area contributed by atoms with Crippen molar-refractivity contribution in [2.24, 2.45) is 0 Å². The van der Waals surface area contributed by atoms with Crippen LogP contribution in [0.4, 0.5) is 0 Å². The van der Waals surface area contributed by atoms with Crippen molar-refractivity contribution in [1.82, 2.24) is 0 Å². The summed E-state index contributed by atoms with van der Waals surface area (Å²) in [6, 6.07) is 20.3. The van der Waals surface area contributed by atoms with Crippen LogP contribution >= 0.6 is 0 Å². The van der Waals surface area contributed by atoms with E-state index in [0.29, 0.717) is 22.3 Å². The molecule has 0 amide bonds. The largest absolute Gasteiger partial charge is 0.478 e. The van der Waals surface area contributed by atoms with Crippen molar-refractivity contribution in [2.75, 3.05) is 0 Å². The first-order valence-corrected chi connectivity index (χ1v) is 9.27. The molecule has 0 unspecified atom stereocenters. The molecule has 0 heterocycles. The van der Waals surface area contributed by atoms with Crippen molar-refractivity contribution in [2.45, 2.75) is 13.8 Å². The van der Waals surface area contributed by atoms with Crippen molar-refractivity contribution < 1.29 is 47.4 Å². The molecule has 3 aromatic rings. The van der Waals surface area contributed by atoms with Gasteiger partial charge in [-0.25, -0.2) is 4.79 Å². The van der Waals surface area contributed by atoms with Crippen LogP contribution in [0.5, 0.6) is 0 Å². The summed E-state index contributed by atoms with van der Waals surface area (Å²) in [5.41, 5.74) is 4.52. The maximum absolute atomic E-state index is 11.9. The van der Waals surface area contributed by atoms with Crippen LogP contribution < -0.4 is 0 Å². The summed E-state index contributed by atoms with van der Waals surface area (Å²) in [4.78, 5) is 23.8. The van der Waals surface area contributed by atoms with E-state index in [4.69, 9.17) is 0 Å². The quantitative estimate of drug-likeness (QED) is 0.530. The first kappa shape index (κ1) is 22.1. The molecule has 4 heteroatoms. The van der Waals surface area contributed by atoms with E-state index < -0.39 is 5.97 Å². The molecule has 0 fully saturated rings. The van der Waals surface area contributed by atoms with Gasteiger partial charge in [-0.15, -0.1) is 52.9 Å². The normalized spacial score (nSPS) is 14.9. The number of aromatic carboxylic acids is 1. The maximum atomic E-state index is 11.9. The van der Waals surface area contributed by atoms with Crippen molar-refractivity contribution in [3.63, 3.8) is 0 Å². The van der Waals surface area contributed by atoms with Crippen molar-refractivity contribution >= 4 is 28.1 Å². The summed E-state index contributed by atoms with van der Waals surface area (Å²) in [5.74, 6) is -1.11. The Hall–Kier alpha value is -2.62. The van der Waals surface area contributed by atoms with E-state index in [0.717, 1.165) is 21.9 Å². The number of hydrogen-bond donors (Lipinski definition) is 1. The molecule has 0 atom stereocenters. The predicted molar refractivity (Wildman–Crippen MR) is 114 cm³/mol. The minimum Gasteiger partial charge on any atom is -0.478 e. The van der Waals surface area contributed by atoms with Gasteiger partial charge in [0.2, 0.25) is 0 Å². The fourth-order valence-corrected chi connectivity index (χ4v) is 3.50. The molecule has 0 spiro atoms. The first-order valence-electron chi connectivity index (χ1n) is 9.27. The van der Waals surface area contributed by atoms with Crippen LogP contribution in [-0.2, 0) is 37.5 Å². The molecular formula is C26H18O3Y-2. The van der Waals surface area contributed by atoms with E-state index in [1.165, 1.54) is 6.08 Å². The van der Waals surface area contributed by atoms with Gasteiger partial charge >= 0.3 is 5.97 Å². The van der Waals surface area contributed by atoms with Crippen molar-refractivity contribution in [3.05, 3.63) is 112 Å². The second-order valence-electron chi connectivity index (χ2n) is 7.05. The third-order valence-corrected chi connectivity index (χ3v) is 4.96. The average molecular weight is 467 g/mol. The number of ketones is 1. The zero-order valence-electron chi connectivity index (χ0n) is 16.7. The minimum absolute atomic E-state index is 0. The molecule has 0 saturated carbocycles. The fourth-order valence-electron chi connectivity index (χ4n) is 3.50. The van der Waals surface area contributed by atoms with Gasteiger partial charge in [0.25, 0.3) is 0 Å². The van der Waals surface area contributed by atoms with Crippen molar-refractivity contribution in [1.29, 1.82) is 0 Å². The van der Waals surface area contributed by atoms with Crippen LogP contribution in [0.1, 0.15) is 34.0 Å². The van der Waals surface area contributed by atoms with Gasteiger partial charge in [-0.1, -0.05) is 65.4 Å². The topological polar surface area (TPSA) is 54.4 Å². The summed E-state index contributed by atoms with van der Waals surface area (Å²) in [6.07, 6.45) is 6.32. The minimum atomic E-state index is -1.01. The fraction of sp³-hybridized carbons (Fsp3) is 0.0769. The molecule has 1 N–H and O–H groups in total. The van der Waals surface area contributed by atoms with Gasteiger partial charge in [0.1, 0.15) is 0 Å². The van der Waals surface area contributed by atoms with Crippen molar-refractivity contribution in [3.8, 4) is 0 Å². The van der Waals surface area contributed by atoms with Crippen LogP contribution in [-0.4, -0.2) is 16.9 Å². The molecule has 145 valence electrons. The third kappa shape index (κ3) is 4.28. The van der Waals surface area contributed by atoms with Gasteiger partial charge in [0, 0.05) is 32.7 Å². The Balaban J connectivity index is 0.00000256. The van der Waals surface area contributed by atoms with E-state index in [9.17, 15) is 14.7 Å². The Bertz CT molecular complexity index is 1260. The van der Waals surface area contributed by atoms with Gasteiger partial charge in [0.05, 0.1) is 11.3 Å². The zero-order valence-corrected chi connectivity index (χ0v) is 19.5. The van der Waals surface area contributed by atoms with E-state index in [1.54, 1.807) is 37.3 Å². The number of carboxylic acid groups (broad SMARTS) is 1. The number of carbonyl (C=O) groups is 2. The average Bonchev–Trinajstić information content (AvgIpc) is 2.71. The molecule has 0 bridgehead atoms. The molecule has 1 aliphatic carbocycles. The summed E-state index contributed by atoms with van der Waals surface area (Å²) >= 11 is 0. The summed E-state index contributed by atoms with van der Waals surface area (Å²) in [7, 11) is 0. The second kappa shape index (κ2) is 9.03. The monoisotopic (exact) mass is 467 g/mol. The number of fused-ring (bicyclic) bond motifs is 1. The Morgan fingerprint density at radius 2 is 1.67 bits per heavy atom. The number of allylic oxidation sites excluding steroid dienone is 5. The number of benzene rings is 3. The molecular weight excluding hydrogens is 449 g/mol. The van der Waals surface area contributed by atoms with Gasteiger partial charge in [-0.2, -0.15) is 0 Å². The molecule has 1 radical (unpaired) electrons. The summed E-state index contributed by atoms with van der Waals surface area (Å²) < 4.78 is 0. The Morgan fingerprint density at radius 3 is 2.37 bits per heavy atom. The maximum Gasteiger partial charge on any atom is 0.335 e. The first-order chi connectivity index (χ1) is 13.9. The van der Waals surface area contributed by atoms with E-state index in [1.807, 2.05) is 31.2 Å². The molecule has 30 heavy (non-hydrogen) atoms. The SMILES string of the molecule is CC1=[C-]/C(=C(\c2[c-]c3ccc(C)cc3cc2)c2ccccc2C(=O)O)C=CC1=O.[Y]. The van der Waals surface area contributed by atoms with Crippen LogP contribution in [0.15, 0.2) is 77.9 Å². The van der Waals surface area contributed by atoms with Gasteiger partial charge in [-0.3, -0.25) is 0 Å². The van der Waals surface area contributed by atoms with Crippen LogP contribution in [0, 0.1) is 19.1 Å². The Labute approximate surface area is 200 Å². The second-order valence-corrected chi connectivity index (χ2v) is 7.05. The Morgan fingerprint density at radius 1 is 0.933 bits per heavy atom. The van der Waals surface area contributed by atoms with E-state index in [-0.39, 0.29) is 44.1 Å². The van der Waals surface area contributed by atoms with E-state index in [2.05, 4.69) is 18.2 Å².